The second kappa shape index (κ2) is 2.71. The fourth-order valence-corrected chi connectivity index (χ4v) is 4.25. The molecule has 1 saturated heterocycles. The summed E-state index contributed by atoms with van der Waals surface area (Å²) in [6.45, 7) is 1.78. The molecule has 0 aliphatic carbocycles. The van der Waals surface area contributed by atoms with E-state index in [1.807, 2.05) is 0 Å². The number of carbonyl (C=O) groups is 1. The lowest BCUT2D eigenvalue weighted by Gasteiger charge is -2.18. The van der Waals surface area contributed by atoms with Crippen LogP contribution in [0.15, 0.2) is 11.5 Å². The molecule has 16 heavy (non-hydrogen) atoms. The highest BCUT2D eigenvalue weighted by atomic mass is 32.2. The lowest BCUT2D eigenvalue weighted by molar-refractivity contribution is -0.147. The van der Waals surface area contributed by atoms with Crippen LogP contribution in [0, 0.1) is 11.8 Å². The summed E-state index contributed by atoms with van der Waals surface area (Å²) in [4.78, 5) is 11.6. The van der Waals surface area contributed by atoms with Crippen molar-refractivity contribution in [1.29, 1.82) is 0 Å². The van der Waals surface area contributed by atoms with E-state index in [0.29, 0.717) is 11.5 Å². The van der Waals surface area contributed by atoms with Crippen LogP contribution in [0.3, 0.4) is 0 Å². The SMILES string of the molecule is COC(=O)C1C2OC3=C(OS(=O)(=O)C31)C2C. The van der Waals surface area contributed by atoms with Crippen molar-refractivity contribution in [3.8, 4) is 0 Å². The Balaban J connectivity index is 2.12. The molecule has 3 aliphatic heterocycles. The predicted octanol–water partition coefficient (Wildman–Crippen LogP) is -0.236. The van der Waals surface area contributed by atoms with Gasteiger partial charge in [-0.15, -0.1) is 0 Å². The Morgan fingerprint density at radius 1 is 1.38 bits per heavy atom. The van der Waals surface area contributed by atoms with Crippen LogP contribution in [0.25, 0.3) is 0 Å². The molecule has 4 atom stereocenters. The van der Waals surface area contributed by atoms with Gasteiger partial charge in [-0.1, -0.05) is 6.92 Å². The van der Waals surface area contributed by atoms with Gasteiger partial charge >= 0.3 is 16.1 Å². The maximum absolute atomic E-state index is 11.7. The molecule has 4 unspecified atom stereocenters. The first kappa shape index (κ1) is 9.95. The van der Waals surface area contributed by atoms with Gasteiger partial charge in [-0.05, 0) is 0 Å². The number of fused-ring (bicyclic) bond motifs is 1. The van der Waals surface area contributed by atoms with Gasteiger partial charge in [0.2, 0.25) is 0 Å². The van der Waals surface area contributed by atoms with Crippen LogP contribution in [-0.2, 0) is 28.6 Å². The average molecular weight is 246 g/mol. The quantitative estimate of drug-likeness (QED) is 0.469. The van der Waals surface area contributed by atoms with Gasteiger partial charge in [0.25, 0.3) is 0 Å². The van der Waals surface area contributed by atoms with Crippen molar-refractivity contribution in [3.63, 3.8) is 0 Å². The van der Waals surface area contributed by atoms with E-state index < -0.39 is 33.4 Å². The maximum Gasteiger partial charge on any atom is 0.320 e. The molecule has 3 heterocycles. The Hall–Kier alpha value is -1.24. The Morgan fingerprint density at radius 3 is 2.69 bits per heavy atom. The monoisotopic (exact) mass is 246 g/mol. The summed E-state index contributed by atoms with van der Waals surface area (Å²) in [6, 6.07) is 0. The van der Waals surface area contributed by atoms with E-state index in [0.717, 1.165) is 0 Å². The summed E-state index contributed by atoms with van der Waals surface area (Å²) < 4.78 is 38.3. The second-order valence-electron chi connectivity index (χ2n) is 4.15. The molecule has 0 aromatic rings. The molecule has 3 aliphatic rings. The molecular formula is C9H10O6S. The fraction of sp³-hybridized carbons (Fsp3) is 0.667. The highest BCUT2D eigenvalue weighted by molar-refractivity contribution is 7.88. The zero-order valence-corrected chi connectivity index (χ0v) is 9.48. The van der Waals surface area contributed by atoms with Crippen LogP contribution >= 0.6 is 0 Å². The predicted molar refractivity (Wildman–Crippen MR) is 50.4 cm³/mol. The summed E-state index contributed by atoms with van der Waals surface area (Å²) in [5, 5.41) is -1.00. The molecule has 7 heteroatoms. The normalized spacial score (nSPS) is 41.9. The van der Waals surface area contributed by atoms with Crippen LogP contribution in [-0.4, -0.2) is 32.9 Å². The maximum atomic E-state index is 11.7. The number of hydrogen-bond acceptors (Lipinski definition) is 6. The zero-order valence-electron chi connectivity index (χ0n) is 8.67. The second-order valence-corrected chi connectivity index (χ2v) is 5.81. The highest BCUT2D eigenvalue weighted by Crippen LogP contribution is 2.54. The fourth-order valence-electron chi connectivity index (χ4n) is 2.61. The van der Waals surface area contributed by atoms with E-state index in [1.54, 1.807) is 6.92 Å². The topological polar surface area (TPSA) is 78.9 Å². The third-order valence-electron chi connectivity index (χ3n) is 3.34. The first-order valence-corrected chi connectivity index (χ1v) is 6.36. The number of methoxy groups -OCH3 is 1. The van der Waals surface area contributed by atoms with Gasteiger partial charge < -0.3 is 13.7 Å². The molecule has 0 radical (unpaired) electrons. The number of hydrogen-bond donors (Lipinski definition) is 0. The lowest BCUT2D eigenvalue weighted by atomic mass is 9.85. The van der Waals surface area contributed by atoms with E-state index in [1.165, 1.54) is 7.11 Å². The average Bonchev–Trinajstić information content (AvgIpc) is 2.80. The van der Waals surface area contributed by atoms with E-state index in [4.69, 9.17) is 8.92 Å². The zero-order chi connectivity index (χ0) is 11.7. The van der Waals surface area contributed by atoms with E-state index in [-0.39, 0.29) is 5.92 Å². The molecule has 0 saturated carbocycles. The molecule has 88 valence electrons. The summed E-state index contributed by atoms with van der Waals surface area (Å²) >= 11 is 0. The van der Waals surface area contributed by atoms with Gasteiger partial charge in [-0.2, -0.15) is 8.42 Å². The first-order chi connectivity index (χ1) is 7.47. The van der Waals surface area contributed by atoms with E-state index in [9.17, 15) is 13.2 Å². The minimum atomic E-state index is -3.77. The Bertz CT molecular complexity index is 504. The van der Waals surface area contributed by atoms with Crippen molar-refractivity contribution in [2.24, 2.45) is 11.8 Å². The van der Waals surface area contributed by atoms with Crippen LogP contribution in [0.4, 0.5) is 0 Å². The number of rotatable bonds is 1. The van der Waals surface area contributed by atoms with Gasteiger partial charge in [0.1, 0.15) is 12.0 Å². The van der Waals surface area contributed by atoms with Crippen molar-refractivity contribution in [2.75, 3.05) is 7.11 Å². The Morgan fingerprint density at radius 2 is 2.06 bits per heavy atom. The summed E-state index contributed by atoms with van der Waals surface area (Å²) in [7, 11) is -2.54. The number of esters is 1. The van der Waals surface area contributed by atoms with Gasteiger partial charge in [0.05, 0.1) is 13.0 Å². The van der Waals surface area contributed by atoms with Crippen LogP contribution in [0.5, 0.6) is 0 Å². The van der Waals surface area contributed by atoms with Crippen LogP contribution in [0.2, 0.25) is 0 Å². The lowest BCUT2D eigenvalue weighted by Crippen LogP contribution is -2.38. The van der Waals surface area contributed by atoms with Crippen molar-refractivity contribution in [1.82, 2.24) is 0 Å². The van der Waals surface area contributed by atoms with Crippen molar-refractivity contribution in [3.05, 3.63) is 11.5 Å². The summed E-state index contributed by atoms with van der Waals surface area (Å²) in [6.07, 6.45) is -0.472. The standard InChI is InChI=1S/C9H10O6S/c1-3-5-4(9(10)13-2)8-7(14-5)6(3)15-16(8,11)12/h3-5,8H,1-2H3. The molecule has 3 rings (SSSR count). The van der Waals surface area contributed by atoms with Gasteiger partial charge in [0.15, 0.2) is 16.8 Å². The van der Waals surface area contributed by atoms with Gasteiger partial charge in [-0.25, -0.2) is 0 Å². The molecule has 0 amide bonds. The smallest absolute Gasteiger partial charge is 0.320 e. The third-order valence-corrected chi connectivity index (χ3v) is 4.88. The molecule has 0 aromatic heterocycles. The van der Waals surface area contributed by atoms with Crippen LogP contribution < -0.4 is 0 Å². The minimum absolute atomic E-state index is 0.215. The van der Waals surface area contributed by atoms with Crippen molar-refractivity contribution < 1.29 is 26.9 Å². The molecule has 0 spiro atoms. The third kappa shape index (κ3) is 0.922. The molecule has 0 N–H and O–H groups in total. The molecule has 1 fully saturated rings. The van der Waals surface area contributed by atoms with E-state index in [2.05, 4.69) is 4.74 Å². The Kier molecular flexibility index (Phi) is 1.68. The van der Waals surface area contributed by atoms with Crippen molar-refractivity contribution >= 4 is 16.1 Å². The van der Waals surface area contributed by atoms with Gasteiger partial charge in [0, 0.05) is 0 Å². The van der Waals surface area contributed by atoms with Gasteiger partial charge in [-0.3, -0.25) is 4.79 Å². The minimum Gasteiger partial charge on any atom is -0.488 e. The Labute approximate surface area is 92.3 Å². The van der Waals surface area contributed by atoms with Crippen LogP contribution in [0.1, 0.15) is 6.92 Å². The number of ether oxygens (including phenoxy) is 2. The first-order valence-electron chi connectivity index (χ1n) is 4.89. The summed E-state index contributed by atoms with van der Waals surface area (Å²) in [5.74, 6) is -0.924. The molecular weight excluding hydrogens is 236 g/mol. The molecule has 2 bridgehead atoms. The van der Waals surface area contributed by atoms with E-state index >= 15 is 0 Å². The highest BCUT2D eigenvalue weighted by Gasteiger charge is 2.67. The summed E-state index contributed by atoms with van der Waals surface area (Å²) in [5.41, 5.74) is 0. The molecule has 6 nitrogen and oxygen atoms in total. The number of carbonyl (C=O) groups excluding carboxylic acids is 1. The van der Waals surface area contributed by atoms with Crippen molar-refractivity contribution in [2.45, 2.75) is 18.3 Å². The molecule has 0 aromatic carbocycles. The largest absolute Gasteiger partial charge is 0.488 e.